The Bertz CT molecular complexity index is 417. The second kappa shape index (κ2) is 4.36. The number of aromatic hydroxyl groups is 1. The summed E-state index contributed by atoms with van der Waals surface area (Å²) >= 11 is 5.65. The first-order chi connectivity index (χ1) is 6.97. The largest absolute Gasteiger partial charge is 0.505 e. The molecule has 15 heavy (non-hydrogen) atoms. The molecule has 2 unspecified atom stereocenters. The summed E-state index contributed by atoms with van der Waals surface area (Å²) in [6.45, 7) is 0. The average Bonchev–Trinajstić information content (AvgIpc) is 2.21. The van der Waals surface area contributed by atoms with Crippen molar-refractivity contribution in [1.82, 2.24) is 0 Å². The fraction of sp³-hybridized carbons (Fsp3) is 0.222. The first-order valence-electron chi connectivity index (χ1n) is 4.01. The van der Waals surface area contributed by atoms with Crippen molar-refractivity contribution in [2.45, 2.75) is 12.2 Å². The van der Waals surface area contributed by atoms with E-state index in [1.165, 1.54) is 18.2 Å². The molecular weight excluding hydrogens is 220 g/mol. The van der Waals surface area contributed by atoms with Gasteiger partial charge >= 0.3 is 0 Å². The van der Waals surface area contributed by atoms with Crippen LogP contribution in [0.25, 0.3) is 0 Å². The van der Waals surface area contributed by atoms with Gasteiger partial charge in [0.05, 0.1) is 11.8 Å². The van der Waals surface area contributed by atoms with Crippen molar-refractivity contribution in [1.29, 1.82) is 5.26 Å². The SMILES string of the molecule is N#CC(O)C(O)c1cc(Cl)cc(N)c1O. The zero-order chi connectivity index (χ0) is 11.6. The van der Waals surface area contributed by atoms with E-state index in [0.717, 1.165) is 0 Å². The summed E-state index contributed by atoms with van der Waals surface area (Å²) in [5, 5.41) is 36.6. The summed E-state index contributed by atoms with van der Waals surface area (Å²) in [7, 11) is 0. The van der Waals surface area contributed by atoms with Crippen molar-refractivity contribution in [2.24, 2.45) is 0 Å². The summed E-state index contributed by atoms with van der Waals surface area (Å²) in [5.41, 5.74) is 5.29. The van der Waals surface area contributed by atoms with Crippen LogP contribution >= 0.6 is 11.6 Å². The van der Waals surface area contributed by atoms with Crippen LogP contribution in [0.15, 0.2) is 12.1 Å². The molecule has 80 valence electrons. The van der Waals surface area contributed by atoms with Gasteiger partial charge in [0.15, 0.2) is 6.10 Å². The smallest absolute Gasteiger partial charge is 0.170 e. The van der Waals surface area contributed by atoms with Crippen molar-refractivity contribution >= 4 is 17.3 Å². The molecule has 0 saturated heterocycles. The van der Waals surface area contributed by atoms with E-state index in [2.05, 4.69) is 0 Å². The van der Waals surface area contributed by atoms with Crippen LogP contribution in [0.1, 0.15) is 11.7 Å². The van der Waals surface area contributed by atoms with Crippen LogP contribution in [0.2, 0.25) is 5.02 Å². The third-order valence-electron chi connectivity index (χ3n) is 1.88. The molecule has 0 radical (unpaired) electrons. The lowest BCUT2D eigenvalue weighted by Crippen LogP contribution is -2.16. The minimum Gasteiger partial charge on any atom is -0.505 e. The molecular formula is C9H9ClN2O3. The van der Waals surface area contributed by atoms with Crippen LogP contribution in [0, 0.1) is 11.3 Å². The predicted molar refractivity (Wildman–Crippen MR) is 54.1 cm³/mol. The molecule has 0 bridgehead atoms. The summed E-state index contributed by atoms with van der Waals surface area (Å²) in [4.78, 5) is 0. The maximum atomic E-state index is 9.47. The van der Waals surface area contributed by atoms with Crippen molar-refractivity contribution in [3.8, 4) is 11.8 Å². The standard InChI is InChI=1S/C9H9ClN2O3/c10-4-1-5(8(14)6(12)2-4)9(15)7(13)3-11/h1-2,7,9,13-15H,12H2. The van der Waals surface area contributed by atoms with E-state index in [1.54, 1.807) is 0 Å². The third kappa shape index (κ3) is 2.30. The highest BCUT2D eigenvalue weighted by Gasteiger charge is 2.22. The Labute approximate surface area is 90.9 Å². The van der Waals surface area contributed by atoms with Crippen LogP contribution in [-0.4, -0.2) is 21.4 Å². The van der Waals surface area contributed by atoms with E-state index in [1.807, 2.05) is 0 Å². The summed E-state index contributed by atoms with van der Waals surface area (Å²) in [6, 6.07) is 3.97. The van der Waals surface area contributed by atoms with Crippen molar-refractivity contribution in [3.05, 3.63) is 22.7 Å². The second-order valence-electron chi connectivity index (χ2n) is 2.95. The Morgan fingerprint density at radius 3 is 2.53 bits per heavy atom. The molecule has 0 aromatic heterocycles. The number of anilines is 1. The molecule has 0 spiro atoms. The number of rotatable bonds is 2. The summed E-state index contributed by atoms with van der Waals surface area (Å²) < 4.78 is 0. The third-order valence-corrected chi connectivity index (χ3v) is 2.10. The summed E-state index contributed by atoms with van der Waals surface area (Å²) in [5.74, 6) is -0.388. The molecule has 0 saturated carbocycles. The molecule has 0 fully saturated rings. The number of aliphatic hydroxyl groups is 2. The molecule has 1 aromatic carbocycles. The van der Waals surface area contributed by atoms with Gasteiger partial charge in [0.2, 0.25) is 0 Å². The Morgan fingerprint density at radius 1 is 1.40 bits per heavy atom. The number of nitrogens with two attached hydrogens (primary N) is 1. The molecule has 0 heterocycles. The molecule has 1 aromatic rings. The van der Waals surface area contributed by atoms with Crippen LogP contribution < -0.4 is 5.73 Å². The molecule has 0 aliphatic heterocycles. The van der Waals surface area contributed by atoms with Crippen LogP contribution in [-0.2, 0) is 0 Å². The quantitative estimate of drug-likeness (QED) is 0.336. The Kier molecular flexibility index (Phi) is 3.37. The minimum absolute atomic E-state index is 0.0262. The maximum Gasteiger partial charge on any atom is 0.170 e. The molecule has 5 N–H and O–H groups in total. The minimum atomic E-state index is -1.64. The molecule has 2 atom stereocenters. The van der Waals surface area contributed by atoms with E-state index >= 15 is 0 Å². The Morgan fingerprint density at radius 2 is 2.00 bits per heavy atom. The van der Waals surface area contributed by atoms with Gasteiger partial charge in [-0.1, -0.05) is 11.6 Å². The zero-order valence-corrected chi connectivity index (χ0v) is 8.31. The number of hydrogen-bond donors (Lipinski definition) is 4. The van der Waals surface area contributed by atoms with Gasteiger partial charge < -0.3 is 21.1 Å². The van der Waals surface area contributed by atoms with Crippen molar-refractivity contribution in [3.63, 3.8) is 0 Å². The molecule has 0 amide bonds. The number of phenolic OH excluding ortho intramolecular Hbond substituents is 1. The van der Waals surface area contributed by atoms with E-state index in [-0.39, 0.29) is 22.0 Å². The van der Waals surface area contributed by atoms with E-state index in [9.17, 15) is 10.2 Å². The molecule has 0 aliphatic carbocycles. The van der Waals surface area contributed by atoms with Gasteiger partial charge in [-0.2, -0.15) is 5.26 Å². The normalized spacial score (nSPS) is 14.3. The number of nitriles is 1. The van der Waals surface area contributed by atoms with Gasteiger partial charge in [0.25, 0.3) is 0 Å². The van der Waals surface area contributed by atoms with E-state index in [0.29, 0.717) is 0 Å². The fourth-order valence-electron chi connectivity index (χ4n) is 1.11. The summed E-state index contributed by atoms with van der Waals surface area (Å²) in [6.07, 6.45) is -3.19. The number of aliphatic hydroxyl groups excluding tert-OH is 2. The van der Waals surface area contributed by atoms with Gasteiger partial charge in [-0.3, -0.25) is 0 Å². The molecule has 0 aliphatic rings. The molecule has 1 rings (SSSR count). The highest BCUT2D eigenvalue weighted by Crippen LogP contribution is 2.34. The number of halogens is 1. The number of benzene rings is 1. The van der Waals surface area contributed by atoms with Gasteiger partial charge in [0, 0.05) is 10.6 Å². The molecule has 6 heteroatoms. The predicted octanol–water partition coefficient (Wildman–Crippen LogP) is 0.546. The molecule has 5 nitrogen and oxygen atoms in total. The lowest BCUT2D eigenvalue weighted by Gasteiger charge is -2.15. The van der Waals surface area contributed by atoms with Gasteiger partial charge in [-0.05, 0) is 12.1 Å². The maximum absolute atomic E-state index is 9.47. The van der Waals surface area contributed by atoms with Crippen LogP contribution in [0.5, 0.6) is 5.75 Å². The highest BCUT2D eigenvalue weighted by atomic mass is 35.5. The lowest BCUT2D eigenvalue weighted by molar-refractivity contribution is 0.0512. The lowest BCUT2D eigenvalue weighted by atomic mass is 10.0. The first kappa shape index (κ1) is 11.6. The van der Waals surface area contributed by atoms with Crippen LogP contribution in [0.3, 0.4) is 0 Å². The van der Waals surface area contributed by atoms with Crippen molar-refractivity contribution < 1.29 is 15.3 Å². The topological polar surface area (TPSA) is 110 Å². The Hall–Kier alpha value is -1.48. The van der Waals surface area contributed by atoms with Gasteiger partial charge in [-0.15, -0.1) is 0 Å². The number of nitrogen functional groups attached to an aromatic ring is 1. The monoisotopic (exact) mass is 228 g/mol. The van der Waals surface area contributed by atoms with E-state index in [4.69, 9.17) is 27.7 Å². The number of phenols is 1. The Balaban J connectivity index is 3.20. The van der Waals surface area contributed by atoms with E-state index < -0.39 is 12.2 Å². The zero-order valence-electron chi connectivity index (χ0n) is 7.55. The first-order valence-corrected chi connectivity index (χ1v) is 4.38. The number of hydrogen-bond acceptors (Lipinski definition) is 5. The van der Waals surface area contributed by atoms with Crippen molar-refractivity contribution in [2.75, 3.05) is 5.73 Å². The van der Waals surface area contributed by atoms with Gasteiger partial charge in [-0.25, -0.2) is 0 Å². The fourth-order valence-corrected chi connectivity index (χ4v) is 1.34. The van der Waals surface area contributed by atoms with Crippen LogP contribution in [0.4, 0.5) is 5.69 Å². The number of nitrogens with zero attached hydrogens (tertiary/aromatic N) is 1. The average molecular weight is 229 g/mol. The van der Waals surface area contributed by atoms with Gasteiger partial charge in [0.1, 0.15) is 11.9 Å². The highest BCUT2D eigenvalue weighted by molar-refractivity contribution is 6.31. The second-order valence-corrected chi connectivity index (χ2v) is 3.39.